The van der Waals surface area contributed by atoms with Crippen molar-refractivity contribution in [1.82, 2.24) is 0 Å². The Balaban J connectivity index is 2.85. The van der Waals surface area contributed by atoms with Crippen molar-refractivity contribution in [3.63, 3.8) is 0 Å². The van der Waals surface area contributed by atoms with Gasteiger partial charge in [-0.15, -0.1) is 0 Å². The molecule has 50 valence electrons. The number of aliphatic hydroxyl groups is 1. The van der Waals surface area contributed by atoms with Crippen LogP contribution >= 0.6 is 0 Å². The van der Waals surface area contributed by atoms with Crippen molar-refractivity contribution in [2.75, 3.05) is 0 Å². The quantitative estimate of drug-likeness (QED) is 0.620. The predicted molar refractivity (Wildman–Crippen MR) is 34.1 cm³/mol. The molecule has 1 aromatic rings. The zero-order valence-electron chi connectivity index (χ0n) is 5.59. The molecule has 2 nitrogen and oxygen atoms in total. The van der Waals surface area contributed by atoms with E-state index in [1.54, 1.807) is 13.2 Å². The topological polar surface area (TPSA) is 33.4 Å². The van der Waals surface area contributed by atoms with Crippen molar-refractivity contribution in [1.29, 1.82) is 0 Å². The molecule has 0 fully saturated rings. The highest BCUT2D eigenvalue weighted by Crippen LogP contribution is 2.14. The zero-order valence-corrected chi connectivity index (χ0v) is 5.59. The number of hydrogen-bond acceptors (Lipinski definition) is 2. The third kappa shape index (κ3) is 1.33. The monoisotopic (exact) mass is 126 g/mol. The summed E-state index contributed by atoms with van der Waals surface area (Å²) in [5.41, 5.74) is 1.05. The van der Waals surface area contributed by atoms with Gasteiger partial charge in [-0.05, 0) is 25.5 Å². The van der Waals surface area contributed by atoms with Gasteiger partial charge < -0.3 is 9.52 Å². The molecule has 1 heterocycles. The first-order valence-electron chi connectivity index (χ1n) is 2.93. The molecule has 0 aliphatic rings. The van der Waals surface area contributed by atoms with E-state index in [1.807, 2.05) is 13.0 Å². The standard InChI is InChI=1S/C7H10O2/c1-5-3-7(6(2)8)9-4-5/h3-4,6,8H,1-2H3. The Kier molecular flexibility index (Phi) is 1.58. The second-order valence-corrected chi connectivity index (χ2v) is 2.20. The fraction of sp³-hybridized carbons (Fsp3) is 0.429. The molecule has 1 atom stereocenters. The van der Waals surface area contributed by atoms with Crippen LogP contribution in [0.4, 0.5) is 0 Å². The summed E-state index contributed by atoms with van der Waals surface area (Å²) in [5, 5.41) is 8.94. The number of hydrogen-bond donors (Lipinski definition) is 1. The van der Waals surface area contributed by atoms with Crippen molar-refractivity contribution in [2.24, 2.45) is 0 Å². The minimum atomic E-state index is -0.487. The first kappa shape index (κ1) is 6.36. The average molecular weight is 126 g/mol. The molecule has 0 bridgehead atoms. The normalized spacial score (nSPS) is 13.7. The smallest absolute Gasteiger partial charge is 0.132 e. The van der Waals surface area contributed by atoms with Gasteiger partial charge in [0.15, 0.2) is 0 Å². The van der Waals surface area contributed by atoms with Crippen molar-refractivity contribution >= 4 is 0 Å². The van der Waals surface area contributed by atoms with Gasteiger partial charge in [-0.3, -0.25) is 0 Å². The molecule has 0 aliphatic carbocycles. The van der Waals surface area contributed by atoms with Crippen LogP contribution in [0.3, 0.4) is 0 Å². The van der Waals surface area contributed by atoms with Crippen molar-refractivity contribution < 1.29 is 9.52 Å². The van der Waals surface area contributed by atoms with Gasteiger partial charge in [-0.25, -0.2) is 0 Å². The van der Waals surface area contributed by atoms with E-state index in [9.17, 15) is 0 Å². The summed E-state index contributed by atoms with van der Waals surface area (Å²) in [7, 11) is 0. The first-order valence-corrected chi connectivity index (χ1v) is 2.93. The van der Waals surface area contributed by atoms with Crippen LogP contribution in [0.1, 0.15) is 24.4 Å². The van der Waals surface area contributed by atoms with E-state index in [-0.39, 0.29) is 0 Å². The molecule has 0 aromatic carbocycles. The number of furan rings is 1. The third-order valence-corrected chi connectivity index (χ3v) is 1.16. The van der Waals surface area contributed by atoms with Crippen LogP contribution in [0, 0.1) is 6.92 Å². The van der Waals surface area contributed by atoms with Gasteiger partial charge in [-0.1, -0.05) is 0 Å². The summed E-state index contributed by atoms with van der Waals surface area (Å²) in [4.78, 5) is 0. The number of aliphatic hydroxyl groups excluding tert-OH is 1. The molecule has 1 aromatic heterocycles. The Morgan fingerprint density at radius 2 is 2.33 bits per heavy atom. The summed E-state index contributed by atoms with van der Waals surface area (Å²) in [5.74, 6) is 0.632. The Morgan fingerprint density at radius 1 is 1.67 bits per heavy atom. The van der Waals surface area contributed by atoms with Gasteiger partial charge in [-0.2, -0.15) is 0 Å². The van der Waals surface area contributed by atoms with Gasteiger partial charge in [0.2, 0.25) is 0 Å². The second kappa shape index (κ2) is 2.23. The van der Waals surface area contributed by atoms with Crippen LogP contribution in [0.15, 0.2) is 16.7 Å². The van der Waals surface area contributed by atoms with Gasteiger partial charge in [0, 0.05) is 0 Å². The molecule has 0 amide bonds. The van der Waals surface area contributed by atoms with Crippen molar-refractivity contribution in [3.05, 3.63) is 23.7 Å². The van der Waals surface area contributed by atoms with E-state index in [0.29, 0.717) is 5.76 Å². The molecule has 0 aliphatic heterocycles. The number of rotatable bonds is 1. The van der Waals surface area contributed by atoms with E-state index in [2.05, 4.69) is 0 Å². The summed E-state index contributed by atoms with van der Waals surface area (Å²) in [6, 6.07) is 1.82. The molecule has 0 radical (unpaired) electrons. The summed E-state index contributed by atoms with van der Waals surface area (Å²) < 4.78 is 4.98. The highest BCUT2D eigenvalue weighted by Gasteiger charge is 2.02. The minimum absolute atomic E-state index is 0.487. The molecule has 0 saturated heterocycles. The van der Waals surface area contributed by atoms with Crippen LogP contribution in [0.2, 0.25) is 0 Å². The molecule has 1 rings (SSSR count). The Labute approximate surface area is 54.1 Å². The third-order valence-electron chi connectivity index (χ3n) is 1.16. The first-order chi connectivity index (χ1) is 4.20. The SMILES string of the molecule is Cc1coc(C(C)O)c1. The van der Waals surface area contributed by atoms with Gasteiger partial charge in [0.25, 0.3) is 0 Å². The minimum Gasteiger partial charge on any atom is -0.466 e. The van der Waals surface area contributed by atoms with Crippen LogP contribution in [0.5, 0.6) is 0 Å². The fourth-order valence-electron chi connectivity index (χ4n) is 0.672. The van der Waals surface area contributed by atoms with Gasteiger partial charge in [0.1, 0.15) is 11.9 Å². The van der Waals surface area contributed by atoms with Crippen molar-refractivity contribution in [2.45, 2.75) is 20.0 Å². The summed E-state index contributed by atoms with van der Waals surface area (Å²) in [6.07, 6.45) is 1.14. The lowest BCUT2D eigenvalue weighted by Gasteiger charge is -1.94. The van der Waals surface area contributed by atoms with Crippen molar-refractivity contribution in [3.8, 4) is 0 Å². The molecule has 9 heavy (non-hydrogen) atoms. The summed E-state index contributed by atoms with van der Waals surface area (Å²) >= 11 is 0. The van der Waals surface area contributed by atoms with E-state index >= 15 is 0 Å². The lowest BCUT2D eigenvalue weighted by Crippen LogP contribution is -1.85. The Morgan fingerprint density at radius 3 is 2.56 bits per heavy atom. The Hall–Kier alpha value is -0.760. The largest absolute Gasteiger partial charge is 0.466 e. The van der Waals surface area contributed by atoms with E-state index < -0.39 is 6.10 Å². The molecular weight excluding hydrogens is 116 g/mol. The molecule has 2 heteroatoms. The molecule has 1 unspecified atom stereocenters. The second-order valence-electron chi connectivity index (χ2n) is 2.20. The van der Waals surface area contributed by atoms with Crippen LogP contribution in [0.25, 0.3) is 0 Å². The zero-order chi connectivity index (χ0) is 6.85. The van der Waals surface area contributed by atoms with E-state index in [1.165, 1.54) is 0 Å². The van der Waals surface area contributed by atoms with E-state index in [4.69, 9.17) is 9.52 Å². The molecule has 1 N–H and O–H groups in total. The fourth-order valence-corrected chi connectivity index (χ4v) is 0.672. The molecular formula is C7H10O2. The van der Waals surface area contributed by atoms with Crippen LogP contribution in [-0.4, -0.2) is 5.11 Å². The molecule has 0 spiro atoms. The lowest BCUT2D eigenvalue weighted by atomic mass is 10.3. The highest BCUT2D eigenvalue weighted by molar-refractivity contribution is 5.11. The van der Waals surface area contributed by atoms with Crippen LogP contribution in [-0.2, 0) is 0 Å². The summed E-state index contributed by atoms with van der Waals surface area (Å²) in [6.45, 7) is 3.60. The maximum absolute atomic E-state index is 8.94. The molecule has 0 saturated carbocycles. The van der Waals surface area contributed by atoms with Crippen LogP contribution < -0.4 is 0 Å². The average Bonchev–Trinajstić information content (AvgIpc) is 2.14. The highest BCUT2D eigenvalue weighted by atomic mass is 16.4. The maximum atomic E-state index is 8.94. The maximum Gasteiger partial charge on any atom is 0.132 e. The van der Waals surface area contributed by atoms with Gasteiger partial charge in [0.05, 0.1) is 6.26 Å². The Bertz CT molecular complexity index is 189. The number of aryl methyl sites for hydroxylation is 1. The van der Waals surface area contributed by atoms with Gasteiger partial charge >= 0.3 is 0 Å². The van der Waals surface area contributed by atoms with E-state index in [0.717, 1.165) is 5.56 Å². The lowest BCUT2D eigenvalue weighted by molar-refractivity contribution is 0.169. The predicted octanol–water partition coefficient (Wildman–Crippen LogP) is 1.64.